The number of aryl methyl sites for hydroxylation is 1. The van der Waals surface area contributed by atoms with Gasteiger partial charge in [-0.1, -0.05) is 48.5 Å². The number of carbonyl (C=O) groups is 2. The van der Waals surface area contributed by atoms with E-state index in [1.807, 2.05) is 61.5 Å². The molecule has 0 aliphatic carbocycles. The Morgan fingerprint density at radius 1 is 0.966 bits per heavy atom. The lowest BCUT2D eigenvalue weighted by atomic mass is 10.0. The van der Waals surface area contributed by atoms with Gasteiger partial charge in [-0.05, 0) is 59.2 Å². The van der Waals surface area contributed by atoms with E-state index in [9.17, 15) is 9.59 Å². The first-order valence-corrected chi connectivity index (χ1v) is 9.49. The minimum Gasteiger partial charge on any atom is -0.332 e. The fraction of sp³-hybridized carbons (Fsp3) is 0.0870. The quantitative estimate of drug-likeness (QED) is 0.439. The molecule has 3 N–H and O–H groups in total. The first-order chi connectivity index (χ1) is 13.9. The summed E-state index contributed by atoms with van der Waals surface area (Å²) < 4.78 is 0. The van der Waals surface area contributed by atoms with Gasteiger partial charge in [-0.25, -0.2) is 0 Å². The van der Waals surface area contributed by atoms with Crippen LogP contribution in [-0.4, -0.2) is 16.9 Å². The van der Waals surface area contributed by atoms with Crippen LogP contribution in [0.4, 0.5) is 11.4 Å². The van der Waals surface area contributed by atoms with Gasteiger partial charge in [-0.3, -0.25) is 14.9 Å². The monoisotopic (exact) mass is 403 g/mol. The lowest BCUT2D eigenvalue weighted by Crippen LogP contribution is -2.32. The molecule has 0 unspecified atom stereocenters. The maximum absolute atomic E-state index is 12.2. The molecule has 2 amide bonds. The summed E-state index contributed by atoms with van der Waals surface area (Å²) in [5.74, 6) is -0.482. The van der Waals surface area contributed by atoms with Crippen molar-refractivity contribution in [2.45, 2.75) is 13.8 Å². The SMILES string of the molecule is CC(=O)Nc1cc(NC(=S)NC(=O)/C=C/c2cccc3ccccc23)ccc1C. The van der Waals surface area contributed by atoms with Crippen LogP contribution in [0.15, 0.2) is 66.7 Å². The van der Waals surface area contributed by atoms with E-state index in [4.69, 9.17) is 12.2 Å². The van der Waals surface area contributed by atoms with Gasteiger partial charge in [-0.2, -0.15) is 0 Å². The molecule has 0 atom stereocenters. The molecule has 0 aromatic heterocycles. The average molecular weight is 404 g/mol. The van der Waals surface area contributed by atoms with Gasteiger partial charge in [-0.15, -0.1) is 0 Å². The van der Waals surface area contributed by atoms with Crippen molar-refractivity contribution in [3.05, 3.63) is 77.9 Å². The second-order valence-electron chi connectivity index (χ2n) is 6.56. The zero-order chi connectivity index (χ0) is 20.8. The van der Waals surface area contributed by atoms with Crippen LogP contribution < -0.4 is 16.0 Å². The number of fused-ring (bicyclic) bond motifs is 1. The van der Waals surface area contributed by atoms with Gasteiger partial charge in [0, 0.05) is 24.4 Å². The van der Waals surface area contributed by atoms with Gasteiger partial charge < -0.3 is 10.6 Å². The van der Waals surface area contributed by atoms with Crippen molar-refractivity contribution in [2.24, 2.45) is 0 Å². The molecule has 146 valence electrons. The van der Waals surface area contributed by atoms with Gasteiger partial charge in [0.15, 0.2) is 5.11 Å². The third-order valence-electron chi connectivity index (χ3n) is 4.28. The largest absolute Gasteiger partial charge is 0.332 e. The average Bonchev–Trinajstić information content (AvgIpc) is 2.68. The Morgan fingerprint density at radius 3 is 2.52 bits per heavy atom. The van der Waals surface area contributed by atoms with Crippen LogP contribution >= 0.6 is 12.2 Å². The van der Waals surface area contributed by atoms with Gasteiger partial charge in [0.25, 0.3) is 0 Å². The van der Waals surface area contributed by atoms with Crippen LogP contribution in [0.1, 0.15) is 18.1 Å². The summed E-state index contributed by atoms with van der Waals surface area (Å²) in [6.07, 6.45) is 3.22. The minimum absolute atomic E-state index is 0.153. The molecule has 0 aliphatic heterocycles. The van der Waals surface area contributed by atoms with Crippen molar-refractivity contribution in [1.82, 2.24) is 5.32 Å². The van der Waals surface area contributed by atoms with Crippen LogP contribution in [0.5, 0.6) is 0 Å². The first-order valence-electron chi connectivity index (χ1n) is 9.08. The van der Waals surface area contributed by atoms with Crippen molar-refractivity contribution in [2.75, 3.05) is 10.6 Å². The van der Waals surface area contributed by atoms with Gasteiger partial charge >= 0.3 is 0 Å². The normalized spacial score (nSPS) is 10.7. The Morgan fingerprint density at radius 2 is 1.72 bits per heavy atom. The minimum atomic E-state index is -0.329. The molecule has 6 heteroatoms. The summed E-state index contributed by atoms with van der Waals surface area (Å²) in [5, 5.41) is 10.7. The van der Waals surface area contributed by atoms with E-state index < -0.39 is 0 Å². The Labute approximate surface area is 174 Å². The molecule has 29 heavy (non-hydrogen) atoms. The highest BCUT2D eigenvalue weighted by Crippen LogP contribution is 2.21. The molecular weight excluding hydrogens is 382 g/mol. The number of hydrogen-bond donors (Lipinski definition) is 3. The van der Waals surface area contributed by atoms with E-state index in [1.54, 1.807) is 12.1 Å². The van der Waals surface area contributed by atoms with Gasteiger partial charge in [0.05, 0.1) is 0 Å². The summed E-state index contributed by atoms with van der Waals surface area (Å²) >= 11 is 5.22. The number of thiocarbonyl (C=S) groups is 1. The summed E-state index contributed by atoms with van der Waals surface area (Å²) in [6.45, 7) is 3.35. The molecule has 5 nitrogen and oxygen atoms in total. The molecule has 3 aromatic carbocycles. The predicted molar refractivity (Wildman–Crippen MR) is 123 cm³/mol. The molecule has 0 saturated carbocycles. The number of carbonyl (C=O) groups excluding carboxylic acids is 2. The summed E-state index contributed by atoms with van der Waals surface area (Å²) in [7, 11) is 0. The molecule has 3 aromatic rings. The lowest BCUT2D eigenvalue weighted by Gasteiger charge is -2.12. The number of hydrogen-bond acceptors (Lipinski definition) is 3. The van der Waals surface area contributed by atoms with E-state index >= 15 is 0 Å². The van der Waals surface area contributed by atoms with Crippen molar-refractivity contribution in [3.8, 4) is 0 Å². The highest BCUT2D eigenvalue weighted by molar-refractivity contribution is 7.80. The Kier molecular flexibility index (Phi) is 6.36. The Balaban J connectivity index is 1.64. The maximum atomic E-state index is 12.2. The fourth-order valence-electron chi connectivity index (χ4n) is 2.90. The molecule has 0 saturated heterocycles. The van der Waals surface area contributed by atoms with Crippen LogP contribution in [0.3, 0.4) is 0 Å². The van der Waals surface area contributed by atoms with Crippen LogP contribution in [0.2, 0.25) is 0 Å². The predicted octanol–water partition coefficient (Wildman–Crippen LogP) is 4.63. The standard InChI is InChI=1S/C23H21N3O2S/c1-15-10-12-19(14-21(15)24-16(2)27)25-23(29)26-22(28)13-11-18-8-5-7-17-6-3-4-9-20(17)18/h3-14H,1-2H3,(H,24,27)(H2,25,26,28,29)/b13-11+. The second-order valence-corrected chi connectivity index (χ2v) is 6.96. The number of rotatable bonds is 4. The van der Waals surface area contributed by atoms with Crippen LogP contribution in [0.25, 0.3) is 16.8 Å². The van der Waals surface area contributed by atoms with Crippen LogP contribution in [0, 0.1) is 6.92 Å². The Hall–Kier alpha value is -3.51. The highest BCUT2D eigenvalue weighted by Gasteiger charge is 2.06. The van der Waals surface area contributed by atoms with Crippen LogP contribution in [-0.2, 0) is 9.59 Å². The molecular formula is C23H21N3O2S. The maximum Gasteiger partial charge on any atom is 0.250 e. The molecule has 0 heterocycles. The van der Waals surface area contributed by atoms with Crippen molar-refractivity contribution in [1.29, 1.82) is 0 Å². The zero-order valence-corrected chi connectivity index (χ0v) is 17.0. The topological polar surface area (TPSA) is 70.2 Å². The van der Waals surface area contributed by atoms with E-state index in [0.717, 1.165) is 21.9 Å². The number of nitrogens with one attached hydrogen (secondary N) is 3. The zero-order valence-electron chi connectivity index (χ0n) is 16.2. The fourth-order valence-corrected chi connectivity index (χ4v) is 3.12. The molecule has 0 fully saturated rings. The third-order valence-corrected chi connectivity index (χ3v) is 4.48. The van der Waals surface area contributed by atoms with Crippen molar-refractivity contribution < 1.29 is 9.59 Å². The van der Waals surface area contributed by atoms with E-state index in [-0.39, 0.29) is 16.9 Å². The number of anilines is 2. The molecule has 0 aliphatic rings. The van der Waals surface area contributed by atoms with E-state index in [2.05, 4.69) is 16.0 Å². The first kappa shape index (κ1) is 20.2. The Bertz CT molecular complexity index is 1120. The number of amides is 2. The van der Waals surface area contributed by atoms with Gasteiger partial charge in [0.2, 0.25) is 11.8 Å². The summed E-state index contributed by atoms with van der Waals surface area (Å²) in [4.78, 5) is 23.5. The molecule has 0 spiro atoms. The smallest absolute Gasteiger partial charge is 0.250 e. The van der Waals surface area contributed by atoms with Gasteiger partial charge in [0.1, 0.15) is 0 Å². The second kappa shape index (κ2) is 9.12. The summed E-state index contributed by atoms with van der Waals surface area (Å²) in [5.41, 5.74) is 3.24. The summed E-state index contributed by atoms with van der Waals surface area (Å²) in [6, 6.07) is 19.4. The lowest BCUT2D eigenvalue weighted by molar-refractivity contribution is -0.115. The number of benzene rings is 3. The third kappa shape index (κ3) is 5.49. The van der Waals surface area contributed by atoms with E-state index in [0.29, 0.717) is 11.4 Å². The molecule has 0 radical (unpaired) electrons. The van der Waals surface area contributed by atoms with Crippen molar-refractivity contribution in [3.63, 3.8) is 0 Å². The molecule has 0 bridgehead atoms. The van der Waals surface area contributed by atoms with Crippen molar-refractivity contribution >= 4 is 57.4 Å². The van der Waals surface area contributed by atoms with E-state index in [1.165, 1.54) is 13.0 Å². The molecule has 3 rings (SSSR count). The highest BCUT2D eigenvalue weighted by atomic mass is 32.1.